The fraction of sp³-hybridized carbons (Fsp3) is 0.929. The summed E-state index contributed by atoms with van der Waals surface area (Å²) in [5.41, 5.74) is -0.696. The minimum Gasteiger partial charge on any atom is -0.387 e. The van der Waals surface area contributed by atoms with Gasteiger partial charge in [0.25, 0.3) is 0 Å². The van der Waals surface area contributed by atoms with Gasteiger partial charge >= 0.3 is 0 Å². The van der Waals surface area contributed by atoms with Gasteiger partial charge in [0, 0.05) is 19.1 Å². The lowest BCUT2D eigenvalue weighted by Crippen LogP contribution is -2.52. The molecule has 0 aromatic heterocycles. The van der Waals surface area contributed by atoms with E-state index in [-0.39, 0.29) is 18.0 Å². The van der Waals surface area contributed by atoms with Crippen LogP contribution >= 0.6 is 0 Å². The van der Waals surface area contributed by atoms with E-state index in [1.54, 1.807) is 0 Å². The van der Waals surface area contributed by atoms with Crippen molar-refractivity contribution in [1.29, 1.82) is 0 Å². The lowest BCUT2D eigenvalue weighted by Gasteiger charge is -2.32. The SMILES string of the molecule is CCC(CC)NC(=O)C(C)N(C)CC1(O)CCNC1. The van der Waals surface area contributed by atoms with Crippen LogP contribution in [0.25, 0.3) is 0 Å². The van der Waals surface area contributed by atoms with Crippen LogP contribution in [0.3, 0.4) is 0 Å². The third kappa shape index (κ3) is 4.75. The molecule has 1 amide bonds. The molecule has 0 saturated carbocycles. The maximum Gasteiger partial charge on any atom is 0.237 e. The number of carbonyl (C=O) groups is 1. The maximum atomic E-state index is 12.1. The molecule has 3 N–H and O–H groups in total. The monoisotopic (exact) mass is 271 g/mol. The molecule has 1 rings (SSSR count). The predicted molar refractivity (Wildman–Crippen MR) is 77.0 cm³/mol. The van der Waals surface area contributed by atoms with Crippen LogP contribution in [0.5, 0.6) is 0 Å². The molecule has 1 aliphatic rings. The Bertz CT molecular complexity index is 286. The van der Waals surface area contributed by atoms with Gasteiger partial charge < -0.3 is 15.7 Å². The van der Waals surface area contributed by atoms with Crippen molar-refractivity contribution in [3.63, 3.8) is 0 Å². The molecule has 0 radical (unpaired) electrons. The lowest BCUT2D eigenvalue weighted by atomic mass is 10.0. The summed E-state index contributed by atoms with van der Waals surface area (Å²) < 4.78 is 0. The smallest absolute Gasteiger partial charge is 0.237 e. The van der Waals surface area contributed by atoms with Gasteiger partial charge in [0.15, 0.2) is 0 Å². The van der Waals surface area contributed by atoms with Crippen molar-refractivity contribution in [1.82, 2.24) is 15.5 Å². The molecular weight excluding hydrogens is 242 g/mol. The van der Waals surface area contributed by atoms with Crippen molar-refractivity contribution in [2.45, 2.75) is 57.7 Å². The maximum absolute atomic E-state index is 12.1. The summed E-state index contributed by atoms with van der Waals surface area (Å²) in [5.74, 6) is 0.0470. The summed E-state index contributed by atoms with van der Waals surface area (Å²) >= 11 is 0. The summed E-state index contributed by atoms with van der Waals surface area (Å²) in [4.78, 5) is 14.1. The van der Waals surface area contributed by atoms with Gasteiger partial charge in [0.05, 0.1) is 11.6 Å². The molecule has 1 fully saturated rings. The molecule has 1 saturated heterocycles. The molecule has 2 unspecified atom stereocenters. The second-order valence-electron chi connectivity index (χ2n) is 5.76. The van der Waals surface area contributed by atoms with E-state index in [1.807, 2.05) is 18.9 Å². The summed E-state index contributed by atoms with van der Waals surface area (Å²) in [5, 5.41) is 16.5. The van der Waals surface area contributed by atoms with Crippen LogP contribution in [-0.4, -0.2) is 60.3 Å². The van der Waals surface area contributed by atoms with Crippen molar-refractivity contribution in [3.8, 4) is 0 Å². The molecule has 0 aliphatic carbocycles. The number of hydrogen-bond acceptors (Lipinski definition) is 4. The van der Waals surface area contributed by atoms with Crippen LogP contribution in [0.15, 0.2) is 0 Å². The minimum absolute atomic E-state index is 0.0470. The molecule has 1 heterocycles. The average Bonchev–Trinajstić information content (AvgIpc) is 2.80. The molecule has 19 heavy (non-hydrogen) atoms. The summed E-state index contributed by atoms with van der Waals surface area (Å²) in [6, 6.07) is 0.0322. The second-order valence-corrected chi connectivity index (χ2v) is 5.76. The number of amides is 1. The highest BCUT2D eigenvalue weighted by Gasteiger charge is 2.34. The highest BCUT2D eigenvalue weighted by atomic mass is 16.3. The number of nitrogens with zero attached hydrogens (tertiary/aromatic N) is 1. The van der Waals surface area contributed by atoms with E-state index in [0.29, 0.717) is 13.1 Å². The van der Waals surface area contributed by atoms with E-state index in [1.165, 1.54) is 0 Å². The number of hydrogen-bond donors (Lipinski definition) is 3. The molecule has 0 aromatic carbocycles. The summed E-state index contributed by atoms with van der Waals surface area (Å²) in [6.07, 6.45) is 2.65. The van der Waals surface area contributed by atoms with Gasteiger partial charge in [-0.2, -0.15) is 0 Å². The van der Waals surface area contributed by atoms with E-state index in [0.717, 1.165) is 25.8 Å². The molecule has 0 spiro atoms. The fourth-order valence-corrected chi connectivity index (χ4v) is 2.48. The van der Waals surface area contributed by atoms with E-state index in [4.69, 9.17) is 0 Å². The number of β-amino-alcohol motifs (C(OH)–C–C–N with tert-alkyl or cyclic N) is 1. The van der Waals surface area contributed by atoms with Crippen LogP contribution in [0.2, 0.25) is 0 Å². The van der Waals surface area contributed by atoms with E-state index in [2.05, 4.69) is 24.5 Å². The average molecular weight is 271 g/mol. The molecule has 2 atom stereocenters. The topological polar surface area (TPSA) is 64.6 Å². The Labute approximate surface area is 116 Å². The number of aliphatic hydroxyl groups is 1. The van der Waals surface area contributed by atoms with Crippen molar-refractivity contribution < 1.29 is 9.90 Å². The van der Waals surface area contributed by atoms with E-state index in [9.17, 15) is 9.90 Å². The van der Waals surface area contributed by atoms with Crippen molar-refractivity contribution in [3.05, 3.63) is 0 Å². The van der Waals surface area contributed by atoms with Gasteiger partial charge in [-0.15, -0.1) is 0 Å². The Balaban J connectivity index is 2.46. The molecule has 0 bridgehead atoms. The van der Waals surface area contributed by atoms with Crippen molar-refractivity contribution in [2.24, 2.45) is 0 Å². The quantitative estimate of drug-likeness (QED) is 0.625. The first-order valence-electron chi connectivity index (χ1n) is 7.35. The molecule has 1 aliphatic heterocycles. The second kappa shape index (κ2) is 7.22. The molecule has 0 aromatic rings. The zero-order valence-electron chi connectivity index (χ0n) is 12.7. The first-order valence-corrected chi connectivity index (χ1v) is 7.35. The van der Waals surface area contributed by atoms with Gasteiger partial charge in [0.1, 0.15) is 0 Å². The zero-order chi connectivity index (χ0) is 14.5. The Hall–Kier alpha value is -0.650. The van der Waals surface area contributed by atoms with Gasteiger partial charge in [0.2, 0.25) is 5.91 Å². The van der Waals surface area contributed by atoms with Crippen LogP contribution in [0.1, 0.15) is 40.0 Å². The highest BCUT2D eigenvalue weighted by molar-refractivity contribution is 5.81. The molecule has 112 valence electrons. The van der Waals surface area contributed by atoms with Crippen LogP contribution in [0.4, 0.5) is 0 Å². The third-order valence-electron chi connectivity index (χ3n) is 4.14. The van der Waals surface area contributed by atoms with Crippen LogP contribution in [-0.2, 0) is 4.79 Å². The standard InChI is InChI=1S/C14H29N3O2/c1-5-12(6-2)16-13(18)11(3)17(4)10-14(19)7-8-15-9-14/h11-12,15,19H,5-10H2,1-4H3,(H,16,18). The Kier molecular flexibility index (Phi) is 6.23. The van der Waals surface area contributed by atoms with Crippen LogP contribution in [0, 0.1) is 0 Å². The van der Waals surface area contributed by atoms with Gasteiger partial charge in [-0.3, -0.25) is 9.69 Å². The number of likely N-dealkylation sites (N-methyl/N-ethyl adjacent to an activating group) is 1. The molecule has 5 nitrogen and oxygen atoms in total. The van der Waals surface area contributed by atoms with E-state index >= 15 is 0 Å². The number of nitrogens with one attached hydrogen (secondary N) is 2. The Morgan fingerprint density at radius 2 is 2.11 bits per heavy atom. The normalized spacial score (nSPS) is 25.0. The highest BCUT2D eigenvalue weighted by Crippen LogP contribution is 2.16. The zero-order valence-corrected chi connectivity index (χ0v) is 12.7. The first-order chi connectivity index (χ1) is 8.91. The summed E-state index contributed by atoms with van der Waals surface area (Å²) in [6.45, 7) is 8.03. The van der Waals surface area contributed by atoms with Crippen LogP contribution < -0.4 is 10.6 Å². The van der Waals surface area contributed by atoms with Gasteiger partial charge in [-0.05, 0) is 39.8 Å². The third-order valence-corrected chi connectivity index (χ3v) is 4.14. The Morgan fingerprint density at radius 1 is 1.47 bits per heavy atom. The fourth-order valence-electron chi connectivity index (χ4n) is 2.48. The molecular formula is C14H29N3O2. The number of rotatable bonds is 7. The first kappa shape index (κ1) is 16.4. The molecule has 5 heteroatoms. The minimum atomic E-state index is -0.696. The predicted octanol–water partition coefficient (Wildman–Crippen LogP) is 0.336. The Morgan fingerprint density at radius 3 is 2.58 bits per heavy atom. The van der Waals surface area contributed by atoms with Gasteiger partial charge in [-0.25, -0.2) is 0 Å². The largest absolute Gasteiger partial charge is 0.387 e. The lowest BCUT2D eigenvalue weighted by molar-refractivity contribution is -0.127. The summed E-state index contributed by atoms with van der Waals surface area (Å²) in [7, 11) is 1.90. The number of carbonyl (C=O) groups excluding carboxylic acids is 1. The van der Waals surface area contributed by atoms with Gasteiger partial charge in [-0.1, -0.05) is 13.8 Å². The van der Waals surface area contributed by atoms with Crippen molar-refractivity contribution >= 4 is 5.91 Å². The van der Waals surface area contributed by atoms with E-state index < -0.39 is 5.60 Å². The van der Waals surface area contributed by atoms with Crippen molar-refractivity contribution in [2.75, 3.05) is 26.7 Å².